The van der Waals surface area contributed by atoms with E-state index in [1.807, 2.05) is 42.5 Å². The maximum absolute atomic E-state index is 11.9. The normalized spacial score (nSPS) is 12.6. The molecule has 0 radical (unpaired) electrons. The van der Waals surface area contributed by atoms with Gasteiger partial charge in [0, 0.05) is 6.08 Å². The molecule has 0 spiro atoms. The molecule has 0 amide bonds. The summed E-state index contributed by atoms with van der Waals surface area (Å²) in [6.45, 7) is 3.40. The molecule has 3 aromatic rings. The molecule has 0 aliphatic heterocycles. The molecule has 1 unspecified atom stereocenters. The summed E-state index contributed by atoms with van der Waals surface area (Å²) in [7, 11) is 0. The molecular formula is C18H16N2O3. The zero-order valence-corrected chi connectivity index (χ0v) is 12.9. The standard InChI is InChI=1S/C18H16N2O3/c1-12(18-19-13(2)20-23-18)22-17(21)11-10-15-8-5-7-14-6-3-4-9-16(14)15/h3-12H,1-2H3. The fourth-order valence-corrected chi connectivity index (χ4v) is 2.30. The lowest BCUT2D eigenvalue weighted by Crippen LogP contribution is -2.06. The lowest BCUT2D eigenvalue weighted by Gasteiger charge is -2.06. The smallest absolute Gasteiger partial charge is 0.331 e. The topological polar surface area (TPSA) is 65.2 Å². The maximum atomic E-state index is 11.9. The molecule has 0 bridgehead atoms. The molecule has 0 aliphatic rings. The Hall–Kier alpha value is -2.95. The van der Waals surface area contributed by atoms with E-state index in [9.17, 15) is 4.79 Å². The lowest BCUT2D eigenvalue weighted by atomic mass is 10.0. The van der Waals surface area contributed by atoms with Gasteiger partial charge in [0.05, 0.1) is 0 Å². The van der Waals surface area contributed by atoms with Gasteiger partial charge >= 0.3 is 5.97 Å². The third-order valence-corrected chi connectivity index (χ3v) is 3.41. The second-order valence-electron chi connectivity index (χ2n) is 5.16. The van der Waals surface area contributed by atoms with Crippen LogP contribution < -0.4 is 0 Å². The number of carbonyl (C=O) groups is 1. The van der Waals surface area contributed by atoms with Crippen molar-refractivity contribution >= 4 is 22.8 Å². The fraction of sp³-hybridized carbons (Fsp3) is 0.167. The van der Waals surface area contributed by atoms with Crippen LogP contribution in [0.2, 0.25) is 0 Å². The first kappa shape index (κ1) is 15.0. The van der Waals surface area contributed by atoms with Crippen LogP contribution in [0.5, 0.6) is 0 Å². The number of fused-ring (bicyclic) bond motifs is 1. The molecular weight excluding hydrogens is 292 g/mol. The van der Waals surface area contributed by atoms with Gasteiger partial charge in [0.1, 0.15) is 0 Å². The number of nitrogens with zero attached hydrogens (tertiary/aromatic N) is 2. The van der Waals surface area contributed by atoms with Gasteiger partial charge in [-0.25, -0.2) is 4.79 Å². The number of ether oxygens (including phenoxy) is 1. The number of rotatable bonds is 4. The average molecular weight is 308 g/mol. The number of aromatic nitrogens is 2. The maximum Gasteiger partial charge on any atom is 0.331 e. The molecule has 2 aromatic carbocycles. The Morgan fingerprint density at radius 1 is 1.22 bits per heavy atom. The molecule has 0 N–H and O–H groups in total. The van der Waals surface area contributed by atoms with E-state index >= 15 is 0 Å². The number of carbonyl (C=O) groups excluding carboxylic acids is 1. The van der Waals surface area contributed by atoms with E-state index in [-0.39, 0.29) is 5.89 Å². The van der Waals surface area contributed by atoms with Crippen LogP contribution in [0.4, 0.5) is 0 Å². The van der Waals surface area contributed by atoms with Gasteiger partial charge in [-0.15, -0.1) is 0 Å². The van der Waals surface area contributed by atoms with Gasteiger partial charge in [-0.1, -0.05) is 47.6 Å². The van der Waals surface area contributed by atoms with E-state index in [1.54, 1.807) is 19.9 Å². The Kier molecular flexibility index (Phi) is 4.19. The Labute approximate surface area is 133 Å². The van der Waals surface area contributed by atoms with Gasteiger partial charge in [0.15, 0.2) is 11.9 Å². The Bertz CT molecular complexity index is 862. The summed E-state index contributed by atoms with van der Waals surface area (Å²) in [5.74, 6) is 0.338. The molecule has 5 nitrogen and oxygen atoms in total. The molecule has 1 aromatic heterocycles. The first-order valence-electron chi connectivity index (χ1n) is 7.30. The fourth-order valence-electron chi connectivity index (χ4n) is 2.30. The molecule has 1 heterocycles. The quantitative estimate of drug-likeness (QED) is 0.541. The van der Waals surface area contributed by atoms with Crippen LogP contribution in [0, 0.1) is 6.92 Å². The third-order valence-electron chi connectivity index (χ3n) is 3.41. The van der Waals surface area contributed by atoms with Crippen molar-refractivity contribution in [1.29, 1.82) is 0 Å². The second-order valence-corrected chi connectivity index (χ2v) is 5.16. The summed E-state index contributed by atoms with van der Waals surface area (Å²) in [5.41, 5.74) is 0.960. The SMILES string of the molecule is Cc1noc(C(C)OC(=O)C=Cc2cccc3ccccc23)n1. The molecule has 0 saturated heterocycles. The molecule has 5 heteroatoms. The number of hydrogen-bond acceptors (Lipinski definition) is 5. The van der Waals surface area contributed by atoms with Crippen LogP contribution in [-0.2, 0) is 9.53 Å². The van der Waals surface area contributed by atoms with Crippen molar-refractivity contribution in [3.05, 3.63) is 65.8 Å². The summed E-state index contributed by atoms with van der Waals surface area (Å²) in [6, 6.07) is 13.9. The van der Waals surface area contributed by atoms with Crippen LogP contribution in [0.25, 0.3) is 16.8 Å². The minimum Gasteiger partial charge on any atom is -0.449 e. The van der Waals surface area contributed by atoms with E-state index in [0.717, 1.165) is 16.3 Å². The minimum atomic E-state index is -0.583. The zero-order valence-electron chi connectivity index (χ0n) is 12.9. The van der Waals surface area contributed by atoms with E-state index in [2.05, 4.69) is 10.1 Å². The minimum absolute atomic E-state index is 0.286. The van der Waals surface area contributed by atoms with Gasteiger partial charge in [0.25, 0.3) is 5.89 Å². The molecule has 3 rings (SSSR count). The molecule has 0 saturated carbocycles. The second kappa shape index (κ2) is 6.44. The van der Waals surface area contributed by atoms with Crippen molar-refractivity contribution < 1.29 is 14.1 Å². The number of benzene rings is 2. The van der Waals surface area contributed by atoms with Gasteiger partial charge < -0.3 is 9.26 Å². The first-order valence-corrected chi connectivity index (χ1v) is 7.30. The van der Waals surface area contributed by atoms with Gasteiger partial charge in [0.2, 0.25) is 0 Å². The van der Waals surface area contributed by atoms with E-state index in [4.69, 9.17) is 9.26 Å². The highest BCUT2D eigenvalue weighted by molar-refractivity contribution is 5.94. The molecule has 23 heavy (non-hydrogen) atoms. The Balaban J connectivity index is 1.73. The van der Waals surface area contributed by atoms with Gasteiger partial charge in [-0.05, 0) is 36.3 Å². The highest BCUT2D eigenvalue weighted by Gasteiger charge is 2.16. The summed E-state index contributed by atoms with van der Waals surface area (Å²) < 4.78 is 10.2. The van der Waals surface area contributed by atoms with E-state index in [0.29, 0.717) is 5.82 Å². The summed E-state index contributed by atoms with van der Waals surface area (Å²) >= 11 is 0. The number of esters is 1. The molecule has 1 atom stereocenters. The van der Waals surface area contributed by atoms with Crippen LogP contribution in [0.15, 0.2) is 53.1 Å². The average Bonchev–Trinajstić information content (AvgIpc) is 2.99. The van der Waals surface area contributed by atoms with Crippen molar-refractivity contribution in [3.8, 4) is 0 Å². The first-order chi connectivity index (χ1) is 11.1. The highest BCUT2D eigenvalue weighted by atomic mass is 16.6. The van der Waals surface area contributed by atoms with Crippen molar-refractivity contribution in [2.24, 2.45) is 0 Å². The monoisotopic (exact) mass is 308 g/mol. The largest absolute Gasteiger partial charge is 0.449 e. The summed E-state index contributed by atoms with van der Waals surface area (Å²) in [6.07, 6.45) is 2.57. The van der Waals surface area contributed by atoms with Crippen molar-refractivity contribution in [1.82, 2.24) is 10.1 Å². The van der Waals surface area contributed by atoms with Gasteiger partial charge in [-0.2, -0.15) is 4.98 Å². The molecule has 116 valence electrons. The van der Waals surface area contributed by atoms with E-state index < -0.39 is 12.1 Å². The van der Waals surface area contributed by atoms with Crippen molar-refractivity contribution in [2.75, 3.05) is 0 Å². The van der Waals surface area contributed by atoms with Crippen LogP contribution in [-0.4, -0.2) is 16.1 Å². The predicted octanol–water partition coefficient (Wildman–Crippen LogP) is 3.85. The molecule has 0 fully saturated rings. The number of hydrogen-bond donors (Lipinski definition) is 0. The summed E-state index contributed by atoms with van der Waals surface area (Å²) in [5, 5.41) is 5.88. The summed E-state index contributed by atoms with van der Waals surface area (Å²) in [4.78, 5) is 16.0. The van der Waals surface area contributed by atoms with Crippen LogP contribution in [0.1, 0.15) is 30.3 Å². The van der Waals surface area contributed by atoms with Crippen LogP contribution in [0.3, 0.4) is 0 Å². The van der Waals surface area contributed by atoms with Gasteiger partial charge in [-0.3, -0.25) is 0 Å². The van der Waals surface area contributed by atoms with E-state index in [1.165, 1.54) is 6.08 Å². The third kappa shape index (κ3) is 3.45. The van der Waals surface area contributed by atoms with Crippen LogP contribution >= 0.6 is 0 Å². The Morgan fingerprint density at radius 3 is 2.78 bits per heavy atom. The predicted molar refractivity (Wildman–Crippen MR) is 86.5 cm³/mol. The van der Waals surface area contributed by atoms with Crippen molar-refractivity contribution in [3.63, 3.8) is 0 Å². The zero-order chi connectivity index (χ0) is 16.2. The molecule has 0 aliphatic carbocycles. The highest BCUT2D eigenvalue weighted by Crippen LogP contribution is 2.20. The Morgan fingerprint density at radius 2 is 2.00 bits per heavy atom. The number of aryl methyl sites for hydroxylation is 1. The van der Waals surface area contributed by atoms with Crippen molar-refractivity contribution in [2.45, 2.75) is 20.0 Å². The lowest BCUT2D eigenvalue weighted by molar-refractivity contribution is -0.143.